The van der Waals surface area contributed by atoms with Crippen LogP contribution in [-0.4, -0.2) is 67.1 Å². The number of nitrogens with one attached hydrogen (secondary N) is 1. The maximum Gasteiger partial charge on any atom is 0.322 e. The first-order valence-corrected chi connectivity index (χ1v) is 10.0. The van der Waals surface area contributed by atoms with Gasteiger partial charge in [-0.05, 0) is 30.3 Å². The molecule has 31 heavy (non-hydrogen) atoms. The van der Waals surface area contributed by atoms with Gasteiger partial charge < -0.3 is 24.6 Å². The number of para-hydroxylation sites is 1. The molecule has 0 unspecified atom stereocenters. The zero-order valence-electron chi connectivity index (χ0n) is 17.5. The Morgan fingerprint density at radius 1 is 0.903 bits per heavy atom. The van der Waals surface area contributed by atoms with Gasteiger partial charge in [-0.2, -0.15) is 0 Å². The molecule has 4 rings (SSSR count). The van der Waals surface area contributed by atoms with Crippen molar-refractivity contribution in [2.75, 3.05) is 45.7 Å². The predicted molar refractivity (Wildman–Crippen MR) is 118 cm³/mol. The Labute approximate surface area is 180 Å². The second-order valence-electron chi connectivity index (χ2n) is 7.16. The molecule has 1 aliphatic rings. The van der Waals surface area contributed by atoms with Gasteiger partial charge in [0.05, 0.1) is 25.4 Å². The Morgan fingerprint density at radius 2 is 1.61 bits per heavy atom. The van der Waals surface area contributed by atoms with Crippen molar-refractivity contribution in [2.24, 2.45) is 0 Å². The van der Waals surface area contributed by atoms with Crippen molar-refractivity contribution in [3.63, 3.8) is 0 Å². The van der Waals surface area contributed by atoms with E-state index in [2.05, 4.69) is 10.3 Å². The zero-order valence-corrected chi connectivity index (χ0v) is 17.5. The molecule has 1 N–H and O–H groups in total. The molecule has 0 aliphatic carbocycles. The number of benzene rings is 2. The summed E-state index contributed by atoms with van der Waals surface area (Å²) in [7, 11) is 3.09. The Morgan fingerprint density at radius 3 is 2.35 bits per heavy atom. The number of amides is 3. The number of pyridine rings is 1. The first-order valence-electron chi connectivity index (χ1n) is 10.0. The fourth-order valence-corrected chi connectivity index (χ4v) is 3.66. The van der Waals surface area contributed by atoms with E-state index in [1.54, 1.807) is 41.3 Å². The highest BCUT2D eigenvalue weighted by molar-refractivity contribution is 6.00. The maximum atomic E-state index is 12.9. The molecular formula is C23H24N4O4. The van der Waals surface area contributed by atoms with Crippen LogP contribution in [0.5, 0.6) is 11.5 Å². The summed E-state index contributed by atoms with van der Waals surface area (Å²) in [6.07, 6.45) is 1.70. The second-order valence-corrected chi connectivity index (χ2v) is 7.16. The number of methoxy groups -OCH3 is 2. The van der Waals surface area contributed by atoms with Crippen LogP contribution in [0.25, 0.3) is 10.9 Å². The number of nitrogens with zero attached hydrogens (tertiary/aromatic N) is 3. The van der Waals surface area contributed by atoms with E-state index in [0.29, 0.717) is 48.9 Å². The van der Waals surface area contributed by atoms with E-state index in [4.69, 9.17) is 9.47 Å². The van der Waals surface area contributed by atoms with Gasteiger partial charge in [-0.15, -0.1) is 0 Å². The molecule has 1 aliphatic heterocycles. The fraction of sp³-hybridized carbons (Fsp3) is 0.261. The molecule has 0 spiro atoms. The zero-order chi connectivity index (χ0) is 21.8. The van der Waals surface area contributed by atoms with Gasteiger partial charge in [0.1, 0.15) is 0 Å². The Bertz CT molecular complexity index is 1100. The molecule has 160 valence electrons. The lowest BCUT2D eigenvalue weighted by atomic mass is 10.1. The normalized spacial score (nSPS) is 13.7. The molecule has 8 heteroatoms. The number of anilines is 1. The molecule has 8 nitrogen and oxygen atoms in total. The summed E-state index contributed by atoms with van der Waals surface area (Å²) < 4.78 is 10.5. The molecule has 2 aromatic carbocycles. The summed E-state index contributed by atoms with van der Waals surface area (Å²) in [6.45, 7) is 1.80. The van der Waals surface area contributed by atoms with Crippen LogP contribution in [0, 0.1) is 0 Å². The number of urea groups is 1. The van der Waals surface area contributed by atoms with E-state index >= 15 is 0 Å². The molecule has 0 radical (unpaired) electrons. The van der Waals surface area contributed by atoms with Crippen LogP contribution in [0.1, 0.15) is 10.4 Å². The summed E-state index contributed by atoms with van der Waals surface area (Å²) in [5, 5.41) is 3.91. The van der Waals surface area contributed by atoms with Crippen molar-refractivity contribution in [1.82, 2.24) is 14.8 Å². The Kier molecular flexibility index (Phi) is 5.88. The van der Waals surface area contributed by atoms with Crippen molar-refractivity contribution < 1.29 is 19.1 Å². The number of fused-ring (bicyclic) bond motifs is 1. The summed E-state index contributed by atoms with van der Waals surface area (Å²) >= 11 is 0. The lowest BCUT2D eigenvalue weighted by Crippen LogP contribution is -2.51. The van der Waals surface area contributed by atoms with E-state index < -0.39 is 0 Å². The number of carbonyl (C=O) groups is 2. The molecule has 2 heterocycles. The molecule has 1 saturated heterocycles. The lowest BCUT2D eigenvalue weighted by Gasteiger charge is -2.34. The third kappa shape index (κ3) is 4.23. The third-order valence-corrected chi connectivity index (χ3v) is 5.36. The number of carbonyl (C=O) groups excluding carboxylic acids is 2. The second kappa shape index (κ2) is 8.91. The van der Waals surface area contributed by atoms with Gasteiger partial charge in [-0.3, -0.25) is 9.78 Å². The Balaban J connectivity index is 1.39. The smallest absolute Gasteiger partial charge is 0.322 e. The molecular weight excluding hydrogens is 396 g/mol. The van der Waals surface area contributed by atoms with Crippen molar-refractivity contribution >= 4 is 28.5 Å². The largest absolute Gasteiger partial charge is 0.493 e. The summed E-state index contributed by atoms with van der Waals surface area (Å²) in [5.74, 6) is 0.984. The van der Waals surface area contributed by atoms with Crippen LogP contribution in [0.3, 0.4) is 0 Å². The van der Waals surface area contributed by atoms with Gasteiger partial charge in [0.25, 0.3) is 5.91 Å². The van der Waals surface area contributed by atoms with Gasteiger partial charge >= 0.3 is 6.03 Å². The Hall–Kier alpha value is -3.81. The molecule has 3 aromatic rings. The predicted octanol–water partition coefficient (Wildman–Crippen LogP) is 3.24. The molecule has 3 amide bonds. The maximum absolute atomic E-state index is 12.9. The minimum absolute atomic E-state index is 0.0979. The van der Waals surface area contributed by atoms with Gasteiger partial charge in [-0.1, -0.05) is 18.2 Å². The minimum atomic E-state index is -0.198. The number of rotatable bonds is 4. The average molecular weight is 420 g/mol. The van der Waals surface area contributed by atoms with Crippen LogP contribution < -0.4 is 14.8 Å². The van der Waals surface area contributed by atoms with Crippen molar-refractivity contribution in [1.29, 1.82) is 0 Å². The van der Waals surface area contributed by atoms with Crippen molar-refractivity contribution in [3.05, 3.63) is 60.3 Å². The topological polar surface area (TPSA) is 84.0 Å². The lowest BCUT2D eigenvalue weighted by molar-refractivity contribution is 0.0671. The highest BCUT2D eigenvalue weighted by atomic mass is 16.5. The molecule has 0 bridgehead atoms. The number of hydrogen-bond donors (Lipinski definition) is 1. The molecule has 1 aromatic heterocycles. The van der Waals surface area contributed by atoms with Crippen molar-refractivity contribution in [2.45, 2.75) is 0 Å². The van der Waals surface area contributed by atoms with E-state index in [1.165, 1.54) is 7.11 Å². The van der Waals surface area contributed by atoms with Crippen LogP contribution in [0.2, 0.25) is 0 Å². The third-order valence-electron chi connectivity index (χ3n) is 5.36. The fourth-order valence-electron chi connectivity index (χ4n) is 3.66. The number of hydrogen-bond acceptors (Lipinski definition) is 5. The van der Waals surface area contributed by atoms with E-state index in [1.807, 2.05) is 30.3 Å². The van der Waals surface area contributed by atoms with Gasteiger partial charge in [0, 0.05) is 43.3 Å². The van der Waals surface area contributed by atoms with Gasteiger partial charge in [0.2, 0.25) is 0 Å². The monoisotopic (exact) mass is 420 g/mol. The molecule has 0 atom stereocenters. The SMILES string of the molecule is COc1ccc(C(=O)N2CCN(C(=O)Nc3cccc4cccnc34)CC2)cc1OC. The first kappa shape index (κ1) is 20.5. The number of aromatic nitrogens is 1. The van der Waals surface area contributed by atoms with Crippen LogP contribution in [0.4, 0.5) is 10.5 Å². The summed E-state index contributed by atoms with van der Waals surface area (Å²) in [5.41, 5.74) is 1.95. The van der Waals surface area contributed by atoms with Crippen molar-refractivity contribution in [3.8, 4) is 11.5 Å². The average Bonchev–Trinajstić information content (AvgIpc) is 2.83. The summed E-state index contributed by atoms with van der Waals surface area (Å²) in [6, 6.07) is 14.4. The molecule has 0 saturated carbocycles. The first-order chi connectivity index (χ1) is 15.1. The number of piperazine rings is 1. The van der Waals surface area contributed by atoms with Crippen LogP contribution in [-0.2, 0) is 0 Å². The highest BCUT2D eigenvalue weighted by Gasteiger charge is 2.26. The quantitative estimate of drug-likeness (QED) is 0.701. The van der Waals surface area contributed by atoms with Crippen LogP contribution in [0.15, 0.2) is 54.7 Å². The van der Waals surface area contributed by atoms with Gasteiger partial charge in [0.15, 0.2) is 11.5 Å². The van der Waals surface area contributed by atoms with Gasteiger partial charge in [-0.25, -0.2) is 4.79 Å². The standard InChI is InChI=1S/C23H24N4O4/c1-30-19-9-8-17(15-20(19)31-2)22(28)26-11-13-27(14-12-26)23(29)25-18-7-3-5-16-6-4-10-24-21(16)18/h3-10,15H,11-14H2,1-2H3,(H,25,29). The van der Waals surface area contributed by atoms with E-state index in [0.717, 1.165) is 10.9 Å². The van der Waals surface area contributed by atoms with E-state index in [9.17, 15) is 9.59 Å². The van der Waals surface area contributed by atoms with E-state index in [-0.39, 0.29) is 11.9 Å². The molecule has 1 fully saturated rings. The van der Waals surface area contributed by atoms with Crippen LogP contribution >= 0.6 is 0 Å². The minimum Gasteiger partial charge on any atom is -0.493 e. The highest BCUT2D eigenvalue weighted by Crippen LogP contribution is 2.28. The summed E-state index contributed by atoms with van der Waals surface area (Å²) in [4.78, 5) is 33.5. The number of ether oxygens (including phenoxy) is 2.